The zero-order chi connectivity index (χ0) is 20.3. The van der Waals surface area contributed by atoms with Crippen molar-refractivity contribution in [3.8, 4) is 11.5 Å². The maximum absolute atomic E-state index is 11.8. The third-order valence-electron chi connectivity index (χ3n) is 4.76. The molecule has 3 aromatic rings. The highest BCUT2D eigenvalue weighted by atomic mass is 16.5. The maximum atomic E-state index is 11.8. The van der Waals surface area contributed by atoms with Gasteiger partial charge >= 0.3 is 5.63 Å². The summed E-state index contributed by atoms with van der Waals surface area (Å²) in [5, 5.41) is 11.9. The Morgan fingerprint density at radius 1 is 1.14 bits per heavy atom. The number of ether oxygens (including phenoxy) is 3. The summed E-state index contributed by atoms with van der Waals surface area (Å²) in [6.07, 6.45) is 2.53. The van der Waals surface area contributed by atoms with Crippen molar-refractivity contribution in [2.24, 2.45) is 0 Å². The van der Waals surface area contributed by atoms with Gasteiger partial charge in [0.25, 0.3) is 0 Å². The van der Waals surface area contributed by atoms with E-state index in [1.165, 1.54) is 19.4 Å². The van der Waals surface area contributed by atoms with Crippen LogP contribution in [0.3, 0.4) is 0 Å². The van der Waals surface area contributed by atoms with Crippen molar-refractivity contribution in [1.82, 2.24) is 0 Å². The third-order valence-corrected chi connectivity index (χ3v) is 4.76. The number of fused-ring (bicyclic) bond motifs is 2. The number of hydrogen-bond acceptors (Lipinski definition) is 7. The second-order valence-electron chi connectivity index (χ2n) is 7.16. The molecule has 0 aliphatic heterocycles. The first-order valence-electron chi connectivity index (χ1n) is 9.35. The van der Waals surface area contributed by atoms with Crippen molar-refractivity contribution in [2.75, 3.05) is 20.3 Å². The summed E-state index contributed by atoms with van der Waals surface area (Å²) in [5.41, 5.74) is -0.714. The fourth-order valence-corrected chi connectivity index (χ4v) is 2.97. The molecular weight excluding hydrogens is 364 g/mol. The van der Waals surface area contributed by atoms with Crippen LogP contribution in [0.25, 0.3) is 21.9 Å². The summed E-state index contributed by atoms with van der Waals surface area (Å²) < 4.78 is 28.1. The molecule has 0 spiro atoms. The summed E-state index contributed by atoms with van der Waals surface area (Å²) in [7, 11) is 1.53. The lowest BCUT2D eigenvalue weighted by molar-refractivity contribution is -0.112. The van der Waals surface area contributed by atoms with Gasteiger partial charge in [-0.1, -0.05) is 13.3 Å². The van der Waals surface area contributed by atoms with Crippen LogP contribution in [-0.2, 0) is 4.74 Å². The van der Waals surface area contributed by atoms with E-state index in [1.807, 2.05) is 13.8 Å². The lowest BCUT2D eigenvalue weighted by atomic mass is 10.0. The van der Waals surface area contributed by atoms with Crippen molar-refractivity contribution in [3.63, 3.8) is 0 Å². The Kier molecular flexibility index (Phi) is 5.96. The number of rotatable bonds is 9. The van der Waals surface area contributed by atoms with Gasteiger partial charge in [0.05, 0.1) is 29.7 Å². The van der Waals surface area contributed by atoms with E-state index in [2.05, 4.69) is 6.92 Å². The molecule has 0 saturated heterocycles. The lowest BCUT2D eigenvalue weighted by Crippen LogP contribution is -2.43. The minimum atomic E-state index is -0.901. The van der Waals surface area contributed by atoms with E-state index in [0.29, 0.717) is 28.7 Å². The van der Waals surface area contributed by atoms with Gasteiger partial charge in [-0.25, -0.2) is 4.79 Å². The van der Waals surface area contributed by atoms with Crippen LogP contribution in [-0.4, -0.2) is 37.1 Å². The average Bonchev–Trinajstić information content (AvgIpc) is 3.14. The van der Waals surface area contributed by atoms with Crippen LogP contribution in [0, 0.1) is 0 Å². The molecule has 0 amide bonds. The minimum Gasteiger partial charge on any atom is -0.495 e. The molecule has 1 aromatic carbocycles. The zero-order valence-corrected chi connectivity index (χ0v) is 16.6. The Morgan fingerprint density at radius 2 is 1.89 bits per heavy atom. The van der Waals surface area contributed by atoms with Gasteiger partial charge in [-0.05, 0) is 32.4 Å². The first-order valence-corrected chi connectivity index (χ1v) is 9.35. The Balaban J connectivity index is 1.95. The first kappa shape index (κ1) is 20.2. The molecule has 7 heteroatoms. The van der Waals surface area contributed by atoms with Gasteiger partial charge < -0.3 is 28.2 Å². The lowest BCUT2D eigenvalue weighted by Gasteiger charge is -2.30. The number of benzene rings is 1. The number of aliphatic hydroxyl groups is 1. The first-order chi connectivity index (χ1) is 13.4. The van der Waals surface area contributed by atoms with Crippen LogP contribution in [0.5, 0.6) is 11.5 Å². The maximum Gasteiger partial charge on any atom is 0.336 e. The zero-order valence-electron chi connectivity index (χ0n) is 16.6. The van der Waals surface area contributed by atoms with Gasteiger partial charge in [0.1, 0.15) is 18.5 Å². The number of furan rings is 1. The molecule has 2 aromatic heterocycles. The van der Waals surface area contributed by atoms with Crippen molar-refractivity contribution in [1.29, 1.82) is 0 Å². The van der Waals surface area contributed by atoms with E-state index < -0.39 is 17.3 Å². The normalized spacial score (nSPS) is 13.2. The largest absolute Gasteiger partial charge is 0.495 e. The standard InChI is InChI=1S/C21H26O7/c1-5-6-10-27-21(2,3)15(22)12-26-20-18-14(9-11-25-18)17(24-4)13-7-8-16(23)28-19(13)20/h7-9,11,15,22H,5-6,10,12H2,1-4H3/t15-/m1/s1. The summed E-state index contributed by atoms with van der Waals surface area (Å²) in [5.74, 6) is 0.774. The van der Waals surface area contributed by atoms with E-state index in [9.17, 15) is 9.90 Å². The van der Waals surface area contributed by atoms with Gasteiger partial charge in [0.15, 0.2) is 11.2 Å². The quantitative estimate of drug-likeness (QED) is 0.438. The van der Waals surface area contributed by atoms with Crippen LogP contribution in [0.4, 0.5) is 0 Å². The second kappa shape index (κ2) is 8.24. The van der Waals surface area contributed by atoms with Gasteiger partial charge in [0.2, 0.25) is 5.75 Å². The number of methoxy groups -OCH3 is 1. The van der Waals surface area contributed by atoms with E-state index in [1.54, 1.807) is 12.1 Å². The average molecular weight is 390 g/mol. The fraction of sp³-hybridized carbons (Fsp3) is 0.476. The Labute approximate surface area is 162 Å². The fourth-order valence-electron chi connectivity index (χ4n) is 2.97. The summed E-state index contributed by atoms with van der Waals surface area (Å²) in [6, 6.07) is 4.69. The van der Waals surface area contributed by atoms with Crippen LogP contribution >= 0.6 is 0 Å². The van der Waals surface area contributed by atoms with Crippen LogP contribution < -0.4 is 15.1 Å². The summed E-state index contributed by atoms with van der Waals surface area (Å²) in [6.45, 7) is 6.20. The highest BCUT2D eigenvalue weighted by molar-refractivity contribution is 6.06. The van der Waals surface area contributed by atoms with Gasteiger partial charge in [-0.15, -0.1) is 0 Å². The van der Waals surface area contributed by atoms with Crippen molar-refractivity contribution < 1.29 is 28.2 Å². The molecule has 0 aliphatic carbocycles. The molecule has 3 rings (SSSR count). The minimum absolute atomic E-state index is 0.0606. The molecule has 28 heavy (non-hydrogen) atoms. The van der Waals surface area contributed by atoms with Crippen LogP contribution in [0.15, 0.2) is 38.1 Å². The molecule has 2 heterocycles. The number of aliphatic hydroxyl groups excluding tert-OH is 1. The van der Waals surface area contributed by atoms with E-state index in [-0.39, 0.29) is 17.9 Å². The Bertz CT molecular complexity index is 999. The Morgan fingerprint density at radius 3 is 2.61 bits per heavy atom. The molecule has 7 nitrogen and oxygen atoms in total. The number of hydrogen-bond donors (Lipinski definition) is 1. The molecular formula is C21H26O7. The summed E-state index contributed by atoms with van der Waals surface area (Å²) >= 11 is 0. The molecule has 0 fully saturated rings. The van der Waals surface area contributed by atoms with Crippen LogP contribution in [0.2, 0.25) is 0 Å². The second-order valence-corrected chi connectivity index (χ2v) is 7.16. The smallest absolute Gasteiger partial charge is 0.336 e. The SMILES string of the molecule is CCCCOC(C)(C)[C@H](O)COc1c2occc2c(OC)c2ccc(=O)oc12. The monoisotopic (exact) mass is 390 g/mol. The van der Waals surface area contributed by atoms with Crippen molar-refractivity contribution in [3.05, 3.63) is 34.9 Å². The molecule has 0 unspecified atom stereocenters. The van der Waals surface area contributed by atoms with E-state index in [4.69, 9.17) is 23.0 Å². The topological polar surface area (TPSA) is 91.3 Å². The molecule has 152 valence electrons. The molecule has 0 radical (unpaired) electrons. The highest BCUT2D eigenvalue weighted by Gasteiger charge is 2.30. The molecule has 1 N–H and O–H groups in total. The Hall–Kier alpha value is -2.51. The molecule has 0 saturated carbocycles. The molecule has 1 atom stereocenters. The number of unbranched alkanes of at least 4 members (excludes halogenated alkanes) is 1. The predicted octanol–water partition coefficient (Wildman–Crippen LogP) is 3.88. The van der Waals surface area contributed by atoms with Crippen LogP contribution in [0.1, 0.15) is 33.6 Å². The highest BCUT2D eigenvalue weighted by Crippen LogP contribution is 2.42. The van der Waals surface area contributed by atoms with Gasteiger partial charge in [-0.3, -0.25) is 0 Å². The van der Waals surface area contributed by atoms with Gasteiger partial charge in [-0.2, -0.15) is 0 Å². The predicted molar refractivity (Wildman–Crippen MR) is 105 cm³/mol. The van der Waals surface area contributed by atoms with E-state index in [0.717, 1.165) is 12.8 Å². The van der Waals surface area contributed by atoms with Crippen molar-refractivity contribution >= 4 is 21.9 Å². The van der Waals surface area contributed by atoms with Gasteiger partial charge in [0, 0.05) is 12.7 Å². The van der Waals surface area contributed by atoms with Crippen molar-refractivity contribution in [2.45, 2.75) is 45.3 Å². The van der Waals surface area contributed by atoms with E-state index >= 15 is 0 Å². The third kappa shape index (κ3) is 3.86. The molecule has 0 bridgehead atoms. The summed E-state index contributed by atoms with van der Waals surface area (Å²) in [4.78, 5) is 11.8. The molecule has 0 aliphatic rings.